The van der Waals surface area contributed by atoms with Gasteiger partial charge in [0, 0.05) is 56.9 Å². The van der Waals surface area contributed by atoms with Gasteiger partial charge in [0.15, 0.2) is 42.0 Å². The first kappa shape index (κ1) is 48.2. The fourth-order valence-corrected chi connectivity index (χ4v) is 10.1. The molecule has 7 rings (SSSR count). The Morgan fingerprint density at radius 2 is 1.62 bits per heavy atom. The fourth-order valence-electron chi connectivity index (χ4n) is 10.1. The lowest BCUT2D eigenvalue weighted by Crippen LogP contribution is -2.75. The Morgan fingerprint density at radius 1 is 0.969 bits per heavy atom. The Labute approximate surface area is 366 Å². The van der Waals surface area contributed by atoms with Gasteiger partial charge in [-0.25, -0.2) is 0 Å². The largest absolute Gasteiger partial charge is 0.506 e. The number of hydrogen-bond acceptors (Lipinski definition) is 22. The van der Waals surface area contributed by atoms with Gasteiger partial charge in [0.2, 0.25) is 11.9 Å². The summed E-state index contributed by atoms with van der Waals surface area (Å²) >= 11 is 0. The maximum atomic E-state index is 14.0. The molecule has 356 valence electrons. The summed E-state index contributed by atoms with van der Waals surface area (Å²) in [5.41, 5.74) is -7.87. The molecule has 5 aliphatic rings. The summed E-state index contributed by atoms with van der Waals surface area (Å²) in [5.74, 6) is -10.2. The molecular weight excluding hydrogens is 856 g/mol. The van der Waals surface area contributed by atoms with Crippen LogP contribution in [-0.4, -0.2) is 175 Å². The van der Waals surface area contributed by atoms with Crippen molar-refractivity contribution < 1.29 is 108 Å². The van der Waals surface area contributed by atoms with Gasteiger partial charge in [0.05, 0.1) is 49.1 Å². The van der Waals surface area contributed by atoms with Gasteiger partial charge in [-0.2, -0.15) is 0 Å². The Balaban J connectivity index is 1.42. The van der Waals surface area contributed by atoms with Crippen LogP contribution < -0.4 is 9.47 Å². The van der Waals surface area contributed by atoms with E-state index in [2.05, 4.69) is 0 Å². The summed E-state index contributed by atoms with van der Waals surface area (Å²) < 4.78 is 58.9. The van der Waals surface area contributed by atoms with Crippen molar-refractivity contribution in [2.75, 3.05) is 27.9 Å². The molecule has 0 aromatic heterocycles. The molecule has 2 aromatic rings. The van der Waals surface area contributed by atoms with Gasteiger partial charge in [0.1, 0.15) is 35.1 Å². The van der Waals surface area contributed by atoms with Crippen LogP contribution in [0.3, 0.4) is 0 Å². The minimum atomic E-state index is -3.27. The third-order valence-corrected chi connectivity index (χ3v) is 13.3. The molecule has 2 aromatic carbocycles. The molecule has 0 saturated carbocycles. The first-order chi connectivity index (χ1) is 29.8. The molecule has 15 atom stereocenters. The van der Waals surface area contributed by atoms with Crippen molar-refractivity contribution in [1.82, 2.24) is 0 Å². The number of aliphatic hydroxyl groups excluding tert-OH is 4. The van der Waals surface area contributed by atoms with Crippen LogP contribution in [0.1, 0.15) is 93.1 Å². The van der Waals surface area contributed by atoms with E-state index in [1.165, 1.54) is 40.9 Å². The van der Waals surface area contributed by atoms with Crippen molar-refractivity contribution in [2.45, 2.75) is 157 Å². The lowest BCUT2D eigenvalue weighted by molar-refractivity contribution is -0.401. The summed E-state index contributed by atoms with van der Waals surface area (Å²) in [4.78, 5) is 38.4. The van der Waals surface area contributed by atoms with Gasteiger partial charge in [0.25, 0.3) is 11.6 Å². The number of aryl methyl sites for hydroxylation is 1. The van der Waals surface area contributed by atoms with Crippen LogP contribution in [0.4, 0.5) is 0 Å². The lowest BCUT2D eigenvalue weighted by Gasteiger charge is -2.51. The number of benzene rings is 2. The normalized spacial score (nSPS) is 40.7. The highest BCUT2D eigenvalue weighted by molar-refractivity contribution is 6.13. The summed E-state index contributed by atoms with van der Waals surface area (Å²) in [6, 6.07) is 1.46. The average Bonchev–Trinajstić information content (AvgIpc) is 3.40. The molecule has 3 fully saturated rings. The van der Waals surface area contributed by atoms with E-state index in [1.807, 2.05) is 0 Å². The molecule has 9 N–H and O–H groups in total. The molecule has 0 radical (unpaired) electrons. The smallest absolute Gasteiger partial charge is 0.303 e. The monoisotopic (exact) mass is 912 g/mol. The highest BCUT2D eigenvalue weighted by atomic mass is 16.8. The summed E-state index contributed by atoms with van der Waals surface area (Å²) in [7, 11) is 3.38. The highest BCUT2D eigenvalue weighted by Gasteiger charge is 2.82. The third kappa shape index (κ3) is 6.84. The second kappa shape index (κ2) is 16.6. The van der Waals surface area contributed by atoms with Crippen molar-refractivity contribution in [3.05, 3.63) is 28.3 Å². The Kier molecular flexibility index (Phi) is 12.5. The molecule has 1 aliphatic carbocycles. The number of carbonyl (C=O) groups excluding carboxylic acids is 3. The molecule has 0 bridgehead atoms. The number of hydrogen-bond donors (Lipinski definition) is 9. The van der Waals surface area contributed by atoms with Crippen LogP contribution in [0, 0.1) is 6.92 Å². The molecule has 0 amide bonds. The maximum Gasteiger partial charge on any atom is 0.303 e. The topological polar surface area (TPSA) is 326 Å². The van der Waals surface area contributed by atoms with Crippen molar-refractivity contribution in [3.63, 3.8) is 0 Å². The molecule has 64 heavy (non-hydrogen) atoms. The first-order valence-corrected chi connectivity index (χ1v) is 20.6. The number of aromatic hydroxyl groups is 1. The van der Waals surface area contributed by atoms with E-state index in [4.69, 9.17) is 47.4 Å². The number of rotatable bonds is 11. The van der Waals surface area contributed by atoms with Crippen LogP contribution in [0.2, 0.25) is 0 Å². The number of phenols is 1. The fraction of sp³-hybridized carbons (Fsp3) is 0.690. The van der Waals surface area contributed by atoms with Gasteiger partial charge in [-0.3, -0.25) is 14.4 Å². The van der Waals surface area contributed by atoms with Crippen LogP contribution in [0.15, 0.2) is 6.07 Å². The van der Waals surface area contributed by atoms with Crippen molar-refractivity contribution in [3.8, 4) is 17.2 Å². The Bertz CT molecular complexity index is 2180. The first-order valence-electron chi connectivity index (χ1n) is 20.6. The Morgan fingerprint density at radius 3 is 2.17 bits per heavy atom. The van der Waals surface area contributed by atoms with Gasteiger partial charge in [-0.15, -0.1) is 0 Å². The van der Waals surface area contributed by atoms with Gasteiger partial charge in [-0.05, 0) is 46.2 Å². The quantitative estimate of drug-likeness (QED) is 0.0971. The van der Waals surface area contributed by atoms with Crippen LogP contribution in [0.5, 0.6) is 17.2 Å². The van der Waals surface area contributed by atoms with Crippen LogP contribution in [0.25, 0.3) is 10.8 Å². The van der Waals surface area contributed by atoms with E-state index in [9.17, 15) is 60.3 Å². The number of phenolic OH excluding ortho intramolecular Hbond substituents is 1. The molecular formula is C42H56O22. The predicted octanol–water partition coefficient (Wildman–Crippen LogP) is -0.931. The molecule has 3 saturated heterocycles. The number of ether oxygens (including phenoxy) is 10. The molecule has 15 unspecified atom stereocenters. The second-order valence-corrected chi connectivity index (χ2v) is 17.4. The van der Waals surface area contributed by atoms with Crippen molar-refractivity contribution >= 4 is 28.3 Å². The van der Waals surface area contributed by atoms with E-state index in [0.717, 1.165) is 21.1 Å². The number of Topliss-reactive ketones (excluding diaryl/α,β-unsaturated/α-hetero) is 2. The minimum absolute atomic E-state index is 0.00583. The lowest BCUT2D eigenvalue weighted by atomic mass is 9.77. The number of methoxy groups -OCH3 is 3. The van der Waals surface area contributed by atoms with Crippen molar-refractivity contribution in [1.29, 1.82) is 0 Å². The average molecular weight is 913 g/mol. The number of aliphatic hydroxyl groups is 8. The van der Waals surface area contributed by atoms with E-state index in [1.54, 1.807) is 6.92 Å². The minimum Gasteiger partial charge on any atom is -0.506 e. The van der Waals surface area contributed by atoms with E-state index < -0.39 is 144 Å². The van der Waals surface area contributed by atoms with Crippen LogP contribution in [-0.2, 0) is 47.5 Å². The number of esters is 1. The second-order valence-electron chi connectivity index (χ2n) is 17.4. The van der Waals surface area contributed by atoms with Gasteiger partial charge < -0.3 is 93.3 Å². The summed E-state index contributed by atoms with van der Waals surface area (Å²) in [6.07, 6.45) is -18.7. The third-order valence-electron chi connectivity index (χ3n) is 13.3. The molecule has 4 heterocycles. The molecule has 4 aliphatic heterocycles. The molecule has 22 heteroatoms. The zero-order chi connectivity index (χ0) is 47.4. The van der Waals surface area contributed by atoms with Gasteiger partial charge >= 0.3 is 5.97 Å². The zero-order valence-electron chi connectivity index (χ0n) is 36.6. The van der Waals surface area contributed by atoms with Gasteiger partial charge in [-0.1, -0.05) is 0 Å². The van der Waals surface area contributed by atoms with E-state index in [0.29, 0.717) is 0 Å². The van der Waals surface area contributed by atoms with E-state index in [-0.39, 0.29) is 46.1 Å². The molecule has 22 nitrogen and oxygen atoms in total. The SMILES string of the molecule is COc1c2c(c(O)c3c4c(c(C)cc13)C(O)C1OC(O)(C(OC)OC)C(O)(CO)C1(OC1CC(O)C(O)(C(C)=O)C(C)O1)O4)C(=O)C(O)CC2OC1CC(C)(O)C(OC(C)=O)C(C)O1. The number of fused-ring (bicyclic) bond motifs is 5. The van der Waals surface area contributed by atoms with E-state index >= 15 is 0 Å². The molecule has 0 spiro atoms. The number of carbonyl (C=O) groups is 3. The summed E-state index contributed by atoms with van der Waals surface area (Å²) in [5, 5.41) is 105. The maximum absolute atomic E-state index is 14.0. The summed E-state index contributed by atoms with van der Waals surface area (Å²) in [6.45, 7) is 6.47. The zero-order valence-corrected chi connectivity index (χ0v) is 36.6. The standard InChI is InChI=1S/C42H56O22/c1-15-10-20-27(31(49)29-28(33(20)55-7)22(11-21(46)30(29)48)61-25-13-38(6,51)35(16(2)58-25)60-19(5)45)34-26(15)32(50)36-42(63-34,39(52,14-43)41(54,64-36)37(56-8)57-9)62-24-12-23(47)40(53,17(3)44)18(4)59-24/h10,16,18,21-25,32,35-37,43,46-47,49-54H,11-14H2,1-9H3. The van der Waals surface area contributed by atoms with Crippen LogP contribution >= 0.6 is 0 Å². The highest BCUT2D eigenvalue weighted by Crippen LogP contribution is 2.62. The Hall–Kier alpha value is -3.69. The predicted molar refractivity (Wildman–Crippen MR) is 210 cm³/mol. The van der Waals surface area contributed by atoms with Crippen molar-refractivity contribution in [2.24, 2.45) is 0 Å². The number of ketones is 2.